The number of hydrogen-bond acceptors (Lipinski definition) is 9. The van der Waals surface area contributed by atoms with Crippen LogP contribution in [0.25, 0.3) is 0 Å². The summed E-state index contributed by atoms with van der Waals surface area (Å²) in [6.45, 7) is 8.76. The molecule has 298 valence electrons. The van der Waals surface area contributed by atoms with Gasteiger partial charge < -0.3 is 24.5 Å². The number of piperidine rings is 2. The van der Waals surface area contributed by atoms with E-state index >= 15 is 0 Å². The number of aromatic nitrogens is 1. The van der Waals surface area contributed by atoms with E-state index in [9.17, 15) is 14.4 Å². The van der Waals surface area contributed by atoms with E-state index < -0.39 is 6.04 Å². The zero-order valence-corrected chi connectivity index (χ0v) is 32.7. The number of rotatable bonds is 5. The number of piperazine rings is 1. The van der Waals surface area contributed by atoms with Gasteiger partial charge in [-0.3, -0.25) is 24.6 Å². The lowest BCUT2D eigenvalue weighted by atomic mass is 9.57. The van der Waals surface area contributed by atoms with Crippen molar-refractivity contribution in [3.63, 3.8) is 0 Å². The number of nitrogens with zero attached hydrogens (tertiary/aromatic N) is 5. The standard InChI is InChI=1S/C31H38N6O3.C9H10O2.C6H6/c38-28-7-6-26(29(39)33-28)37-21-23-17-24(4-5-25(23)30(37)40)35-15-13-34(14-16-35)20-22-18-31(19-22)8-11-36(12-9-31)27-3-1-2-10-32-27;10-8-4-3-7-2-1-5-11-9(7)6-8;1-2-4-6-5-3-1/h1-5,10,17,22,26H,6-9,11-16,18-21H2,(H,33,38,39);3-4,6,10H,1-2,5H2;1-6H. The van der Waals surface area contributed by atoms with E-state index in [0.717, 1.165) is 87.5 Å². The highest BCUT2D eigenvalue weighted by Gasteiger charge is 2.46. The molecule has 1 saturated carbocycles. The lowest BCUT2D eigenvalue weighted by molar-refractivity contribution is -0.136. The van der Waals surface area contributed by atoms with Crippen molar-refractivity contribution in [2.75, 3.05) is 62.2 Å². The second-order valence-corrected chi connectivity index (χ2v) is 16.4. The van der Waals surface area contributed by atoms with Crippen molar-refractivity contribution in [2.24, 2.45) is 11.3 Å². The molecule has 0 bridgehead atoms. The van der Waals surface area contributed by atoms with E-state index in [4.69, 9.17) is 9.84 Å². The second-order valence-electron chi connectivity index (χ2n) is 16.4. The van der Waals surface area contributed by atoms with E-state index in [-0.39, 0.29) is 29.9 Å². The molecule has 1 aliphatic carbocycles. The van der Waals surface area contributed by atoms with Gasteiger partial charge >= 0.3 is 0 Å². The van der Waals surface area contributed by atoms with Gasteiger partial charge in [-0.05, 0) is 104 Å². The molecule has 1 atom stereocenters. The van der Waals surface area contributed by atoms with Gasteiger partial charge in [0, 0.05) is 82.3 Å². The molecule has 1 aromatic heterocycles. The lowest BCUT2D eigenvalue weighted by Crippen LogP contribution is -2.53. The van der Waals surface area contributed by atoms with Crippen LogP contribution in [0.2, 0.25) is 0 Å². The number of aryl methyl sites for hydroxylation is 1. The number of aromatic hydroxyl groups is 1. The third kappa shape index (κ3) is 9.09. The Balaban J connectivity index is 0.000000219. The molecule has 1 spiro atoms. The summed E-state index contributed by atoms with van der Waals surface area (Å²) in [5.41, 5.74) is 4.56. The van der Waals surface area contributed by atoms with Crippen molar-refractivity contribution >= 4 is 29.2 Å². The van der Waals surface area contributed by atoms with Gasteiger partial charge in [0.1, 0.15) is 23.4 Å². The molecule has 3 aromatic carbocycles. The van der Waals surface area contributed by atoms with Gasteiger partial charge in [0.15, 0.2) is 0 Å². The highest BCUT2D eigenvalue weighted by molar-refractivity contribution is 6.05. The quantitative estimate of drug-likeness (QED) is 0.234. The number of ether oxygens (including phenoxy) is 1. The molecular formula is C46H54N6O5. The minimum atomic E-state index is -0.566. The number of carbonyl (C=O) groups is 3. The van der Waals surface area contributed by atoms with Gasteiger partial charge in [0.25, 0.3) is 5.91 Å². The van der Waals surface area contributed by atoms with E-state index in [1.165, 1.54) is 37.8 Å². The number of phenolic OH excluding ortho intramolecular Hbond substituents is 1. The number of amides is 3. The maximum atomic E-state index is 13.0. The smallest absolute Gasteiger partial charge is 0.255 e. The number of hydrogen-bond donors (Lipinski definition) is 2. The van der Waals surface area contributed by atoms with Crippen molar-refractivity contribution < 1.29 is 24.2 Å². The van der Waals surface area contributed by atoms with Crippen molar-refractivity contribution in [1.29, 1.82) is 0 Å². The fourth-order valence-corrected chi connectivity index (χ4v) is 9.48. The molecule has 6 heterocycles. The molecule has 4 aromatic rings. The first-order valence-corrected chi connectivity index (χ1v) is 20.7. The number of benzene rings is 3. The third-order valence-corrected chi connectivity index (χ3v) is 12.6. The van der Waals surface area contributed by atoms with Crippen molar-refractivity contribution in [3.8, 4) is 11.5 Å². The first-order chi connectivity index (χ1) is 27.8. The van der Waals surface area contributed by atoms with Gasteiger partial charge in [-0.15, -0.1) is 0 Å². The predicted octanol–water partition coefficient (Wildman–Crippen LogP) is 6.07. The van der Waals surface area contributed by atoms with Crippen LogP contribution in [-0.4, -0.2) is 96.1 Å². The van der Waals surface area contributed by atoms with Crippen LogP contribution >= 0.6 is 0 Å². The first kappa shape index (κ1) is 38.5. The number of phenols is 1. The van der Waals surface area contributed by atoms with Gasteiger partial charge in [0.2, 0.25) is 11.8 Å². The summed E-state index contributed by atoms with van der Waals surface area (Å²) in [6.07, 6.45) is 10.0. The Labute approximate surface area is 335 Å². The average Bonchev–Trinajstić information content (AvgIpc) is 3.57. The Kier molecular flexibility index (Phi) is 11.7. The molecule has 0 radical (unpaired) electrons. The van der Waals surface area contributed by atoms with E-state index in [2.05, 4.69) is 43.2 Å². The van der Waals surface area contributed by atoms with Gasteiger partial charge in [-0.1, -0.05) is 48.5 Å². The van der Waals surface area contributed by atoms with E-state index in [0.29, 0.717) is 23.9 Å². The molecule has 57 heavy (non-hydrogen) atoms. The minimum Gasteiger partial charge on any atom is -0.508 e. The Morgan fingerprint density at radius 3 is 2.25 bits per heavy atom. The van der Waals surface area contributed by atoms with Crippen LogP contribution in [0.15, 0.2) is 97.2 Å². The SMILES string of the molecule is O=C1CCC(N2Cc3cc(N4CCN(CC5CC6(CCN(c7ccccn7)CC6)C5)CC4)ccc3C2=O)C(=O)N1.Oc1ccc2c(c1)OCCC2.c1ccccc1. The summed E-state index contributed by atoms with van der Waals surface area (Å²) >= 11 is 0. The predicted molar refractivity (Wildman–Crippen MR) is 220 cm³/mol. The molecule has 1 unspecified atom stereocenters. The molecule has 11 nitrogen and oxygen atoms in total. The largest absolute Gasteiger partial charge is 0.508 e. The molecule has 4 fully saturated rings. The van der Waals surface area contributed by atoms with Gasteiger partial charge in [-0.2, -0.15) is 0 Å². The molecule has 3 saturated heterocycles. The number of fused-ring (bicyclic) bond motifs is 2. The van der Waals surface area contributed by atoms with Crippen LogP contribution in [0.3, 0.4) is 0 Å². The molecular weight excluding hydrogens is 717 g/mol. The maximum Gasteiger partial charge on any atom is 0.255 e. The number of anilines is 2. The van der Waals surface area contributed by atoms with Crippen LogP contribution in [0.1, 0.15) is 66.4 Å². The first-order valence-electron chi connectivity index (χ1n) is 20.7. The topological polar surface area (TPSA) is 119 Å². The van der Waals surface area contributed by atoms with E-state index in [1.807, 2.05) is 66.9 Å². The summed E-state index contributed by atoms with van der Waals surface area (Å²) < 4.78 is 5.34. The van der Waals surface area contributed by atoms with Crippen LogP contribution in [0.4, 0.5) is 11.5 Å². The van der Waals surface area contributed by atoms with Crippen molar-refractivity contribution in [2.45, 2.75) is 64.0 Å². The van der Waals surface area contributed by atoms with Crippen LogP contribution < -0.4 is 19.9 Å². The fraction of sp³-hybridized carbons (Fsp3) is 0.435. The lowest BCUT2D eigenvalue weighted by Gasteiger charge is -2.54. The maximum absolute atomic E-state index is 13.0. The number of carbonyl (C=O) groups excluding carboxylic acids is 3. The summed E-state index contributed by atoms with van der Waals surface area (Å²) in [4.78, 5) is 50.6. The van der Waals surface area contributed by atoms with Gasteiger partial charge in [0.05, 0.1) is 6.61 Å². The fourth-order valence-electron chi connectivity index (χ4n) is 9.48. The Bertz CT molecular complexity index is 1980. The highest BCUT2D eigenvalue weighted by Crippen LogP contribution is 2.53. The van der Waals surface area contributed by atoms with Crippen molar-refractivity contribution in [3.05, 3.63) is 114 Å². The number of nitrogens with one attached hydrogen (secondary N) is 1. The van der Waals surface area contributed by atoms with Crippen LogP contribution in [0.5, 0.6) is 11.5 Å². The second kappa shape index (κ2) is 17.4. The monoisotopic (exact) mass is 770 g/mol. The van der Waals surface area contributed by atoms with Gasteiger partial charge in [-0.25, -0.2) is 4.98 Å². The molecule has 11 heteroatoms. The Hall–Kier alpha value is -5.42. The summed E-state index contributed by atoms with van der Waals surface area (Å²) in [7, 11) is 0. The zero-order chi connectivity index (χ0) is 39.2. The van der Waals surface area contributed by atoms with Crippen LogP contribution in [-0.2, 0) is 22.6 Å². The van der Waals surface area contributed by atoms with Crippen molar-refractivity contribution in [1.82, 2.24) is 20.1 Å². The van der Waals surface area contributed by atoms with E-state index in [1.54, 1.807) is 17.0 Å². The molecule has 10 rings (SSSR count). The average molecular weight is 771 g/mol. The Morgan fingerprint density at radius 1 is 0.789 bits per heavy atom. The normalized spacial score (nSPS) is 21.5. The molecule has 2 N–H and O–H groups in total. The highest BCUT2D eigenvalue weighted by atomic mass is 16.5. The zero-order valence-electron chi connectivity index (χ0n) is 32.7. The summed E-state index contributed by atoms with van der Waals surface area (Å²) in [5, 5.41) is 11.5. The summed E-state index contributed by atoms with van der Waals surface area (Å²) in [6, 6.07) is 29.0. The summed E-state index contributed by atoms with van der Waals surface area (Å²) in [5.74, 6) is 2.33. The number of imide groups is 1. The van der Waals surface area contributed by atoms with Crippen LogP contribution in [0, 0.1) is 11.3 Å². The molecule has 6 aliphatic rings. The molecule has 5 aliphatic heterocycles. The third-order valence-electron chi connectivity index (χ3n) is 12.6. The Morgan fingerprint density at radius 2 is 1.54 bits per heavy atom. The molecule has 3 amide bonds. The minimum absolute atomic E-state index is 0.110. The number of pyridine rings is 1.